The molecule has 0 aromatic carbocycles. The first kappa shape index (κ1) is 15.2. The number of rotatable bonds is 5. The molecule has 0 radical (unpaired) electrons. The van der Waals surface area contributed by atoms with Crippen molar-refractivity contribution in [1.29, 1.82) is 0 Å². The van der Waals surface area contributed by atoms with Crippen molar-refractivity contribution in [1.82, 2.24) is 10.2 Å². The normalized spacial score (nSPS) is 26.4. The number of urea groups is 1. The van der Waals surface area contributed by atoms with Gasteiger partial charge in [-0.2, -0.15) is 0 Å². The number of piperidine rings is 1. The molecule has 1 heterocycles. The zero-order valence-electron chi connectivity index (χ0n) is 11.7. The Hall–Kier alpha value is -0.810. The number of aliphatic hydroxyl groups excluding tert-OH is 1. The van der Waals surface area contributed by atoms with Gasteiger partial charge in [-0.3, -0.25) is 0 Å². The van der Waals surface area contributed by atoms with Crippen molar-refractivity contribution in [3.63, 3.8) is 0 Å². The van der Waals surface area contributed by atoms with E-state index in [-0.39, 0.29) is 12.0 Å². The van der Waals surface area contributed by atoms with Gasteiger partial charge in [0.15, 0.2) is 0 Å². The van der Waals surface area contributed by atoms with Crippen molar-refractivity contribution in [2.75, 3.05) is 19.6 Å². The minimum atomic E-state index is -0.401. The molecule has 3 atom stereocenters. The standard InChI is InChI=1S/C13H27N3O2/c1-9(2)4-5-15-12-6-11(10(3)17)7-16(8-12)13(14)18/h9-12,15,17H,4-8H2,1-3H3,(H2,14,18). The van der Waals surface area contributed by atoms with Crippen LogP contribution in [0, 0.1) is 11.8 Å². The smallest absolute Gasteiger partial charge is 0.314 e. The van der Waals surface area contributed by atoms with Crippen molar-refractivity contribution in [3.8, 4) is 0 Å². The van der Waals surface area contributed by atoms with E-state index < -0.39 is 12.1 Å². The number of amides is 2. The van der Waals surface area contributed by atoms with E-state index in [1.165, 1.54) is 0 Å². The van der Waals surface area contributed by atoms with E-state index in [0.29, 0.717) is 19.0 Å². The van der Waals surface area contributed by atoms with Crippen LogP contribution in [0.15, 0.2) is 0 Å². The molecule has 5 heteroatoms. The SMILES string of the molecule is CC(C)CCNC1CC(C(C)O)CN(C(N)=O)C1. The van der Waals surface area contributed by atoms with Crippen LogP contribution in [0.1, 0.15) is 33.6 Å². The number of carbonyl (C=O) groups excluding carboxylic acids is 1. The van der Waals surface area contributed by atoms with Gasteiger partial charge in [0.1, 0.15) is 0 Å². The average molecular weight is 257 g/mol. The summed E-state index contributed by atoms with van der Waals surface area (Å²) in [6.07, 6.45) is 1.62. The van der Waals surface area contributed by atoms with E-state index >= 15 is 0 Å². The molecule has 1 aliphatic heterocycles. The summed E-state index contributed by atoms with van der Waals surface area (Å²) in [4.78, 5) is 12.9. The summed E-state index contributed by atoms with van der Waals surface area (Å²) in [6, 6.07) is -0.152. The monoisotopic (exact) mass is 257 g/mol. The number of nitrogens with zero attached hydrogens (tertiary/aromatic N) is 1. The Labute approximate surface area is 110 Å². The van der Waals surface area contributed by atoms with Gasteiger partial charge >= 0.3 is 6.03 Å². The molecule has 18 heavy (non-hydrogen) atoms. The van der Waals surface area contributed by atoms with Gasteiger partial charge < -0.3 is 21.1 Å². The summed E-state index contributed by atoms with van der Waals surface area (Å²) in [6.45, 7) is 8.32. The van der Waals surface area contributed by atoms with E-state index in [0.717, 1.165) is 19.4 Å². The lowest BCUT2D eigenvalue weighted by Gasteiger charge is -2.38. The Balaban J connectivity index is 2.48. The number of carbonyl (C=O) groups is 1. The zero-order chi connectivity index (χ0) is 13.7. The second-order valence-electron chi connectivity index (χ2n) is 5.81. The lowest BCUT2D eigenvalue weighted by molar-refractivity contribution is 0.0622. The van der Waals surface area contributed by atoms with Crippen LogP contribution in [0.2, 0.25) is 0 Å². The fraction of sp³-hybridized carbons (Fsp3) is 0.923. The summed E-state index contributed by atoms with van der Waals surface area (Å²) in [5.41, 5.74) is 5.35. The van der Waals surface area contributed by atoms with Crippen molar-refractivity contribution < 1.29 is 9.90 Å². The molecular weight excluding hydrogens is 230 g/mol. The topological polar surface area (TPSA) is 78.6 Å². The van der Waals surface area contributed by atoms with Crippen LogP contribution in [0.3, 0.4) is 0 Å². The maximum atomic E-state index is 11.3. The molecule has 0 bridgehead atoms. The van der Waals surface area contributed by atoms with Crippen molar-refractivity contribution in [2.45, 2.75) is 45.8 Å². The first-order valence-electron chi connectivity index (χ1n) is 6.86. The first-order valence-corrected chi connectivity index (χ1v) is 6.86. The van der Waals surface area contributed by atoms with Gasteiger partial charge in [0.2, 0.25) is 0 Å². The Kier molecular flexibility index (Phi) is 5.88. The summed E-state index contributed by atoms with van der Waals surface area (Å²) >= 11 is 0. The first-order chi connectivity index (χ1) is 8.40. The summed E-state index contributed by atoms with van der Waals surface area (Å²) < 4.78 is 0. The number of nitrogens with one attached hydrogen (secondary N) is 1. The Morgan fingerprint density at radius 1 is 1.44 bits per heavy atom. The zero-order valence-corrected chi connectivity index (χ0v) is 11.7. The van der Waals surface area contributed by atoms with Crippen LogP contribution >= 0.6 is 0 Å². The van der Waals surface area contributed by atoms with Gasteiger partial charge in [0.25, 0.3) is 0 Å². The minimum absolute atomic E-state index is 0.114. The van der Waals surface area contributed by atoms with Crippen LogP contribution in [0.25, 0.3) is 0 Å². The number of hydrogen-bond acceptors (Lipinski definition) is 3. The molecule has 0 spiro atoms. The highest BCUT2D eigenvalue weighted by Crippen LogP contribution is 2.20. The molecule has 1 rings (SSSR count). The van der Waals surface area contributed by atoms with Gasteiger partial charge in [-0.05, 0) is 32.2 Å². The van der Waals surface area contributed by atoms with Gasteiger partial charge in [-0.1, -0.05) is 13.8 Å². The molecule has 4 N–H and O–H groups in total. The van der Waals surface area contributed by atoms with Crippen molar-refractivity contribution in [3.05, 3.63) is 0 Å². The third-order valence-electron chi connectivity index (χ3n) is 3.63. The highest BCUT2D eigenvalue weighted by atomic mass is 16.3. The van der Waals surface area contributed by atoms with Crippen LogP contribution in [-0.2, 0) is 0 Å². The highest BCUT2D eigenvalue weighted by Gasteiger charge is 2.31. The number of hydrogen-bond donors (Lipinski definition) is 3. The van der Waals surface area contributed by atoms with Crippen LogP contribution in [0.4, 0.5) is 4.79 Å². The van der Waals surface area contributed by atoms with Gasteiger partial charge in [-0.25, -0.2) is 4.79 Å². The molecule has 0 aliphatic carbocycles. The molecule has 1 aliphatic rings. The molecule has 5 nitrogen and oxygen atoms in total. The van der Waals surface area contributed by atoms with E-state index in [9.17, 15) is 9.90 Å². The number of primary amides is 1. The predicted octanol–water partition coefficient (Wildman–Crippen LogP) is 0.772. The van der Waals surface area contributed by atoms with Crippen LogP contribution in [-0.4, -0.2) is 47.8 Å². The molecule has 0 aromatic heterocycles. The Bertz CT molecular complexity index is 269. The van der Waals surface area contributed by atoms with E-state index in [1.54, 1.807) is 11.8 Å². The highest BCUT2D eigenvalue weighted by molar-refractivity contribution is 5.72. The number of likely N-dealkylation sites (tertiary alicyclic amines) is 1. The molecule has 3 unspecified atom stereocenters. The molecule has 2 amide bonds. The van der Waals surface area contributed by atoms with Gasteiger partial charge in [0.05, 0.1) is 6.10 Å². The molecule has 0 saturated carbocycles. The molecule has 1 fully saturated rings. The summed E-state index contributed by atoms with van der Waals surface area (Å²) in [7, 11) is 0. The van der Waals surface area contributed by atoms with E-state index in [4.69, 9.17) is 5.73 Å². The Morgan fingerprint density at radius 3 is 2.61 bits per heavy atom. The third kappa shape index (κ3) is 4.82. The second-order valence-corrected chi connectivity index (χ2v) is 5.81. The lowest BCUT2D eigenvalue weighted by atomic mass is 9.90. The quantitative estimate of drug-likeness (QED) is 0.681. The fourth-order valence-electron chi connectivity index (χ4n) is 2.39. The van der Waals surface area contributed by atoms with Crippen LogP contribution < -0.4 is 11.1 Å². The Morgan fingerprint density at radius 2 is 2.11 bits per heavy atom. The van der Waals surface area contributed by atoms with E-state index in [1.807, 2.05) is 0 Å². The van der Waals surface area contributed by atoms with Gasteiger partial charge in [0, 0.05) is 25.0 Å². The largest absolute Gasteiger partial charge is 0.393 e. The maximum absolute atomic E-state index is 11.3. The van der Waals surface area contributed by atoms with Crippen molar-refractivity contribution in [2.24, 2.45) is 17.6 Å². The molecule has 106 valence electrons. The van der Waals surface area contributed by atoms with E-state index in [2.05, 4.69) is 19.2 Å². The second kappa shape index (κ2) is 6.95. The predicted molar refractivity (Wildman–Crippen MR) is 72.2 cm³/mol. The third-order valence-corrected chi connectivity index (χ3v) is 3.63. The lowest BCUT2D eigenvalue weighted by Crippen LogP contribution is -2.54. The maximum Gasteiger partial charge on any atom is 0.314 e. The van der Waals surface area contributed by atoms with Gasteiger partial charge in [-0.15, -0.1) is 0 Å². The summed E-state index contributed by atoms with van der Waals surface area (Å²) in [5, 5.41) is 13.2. The average Bonchev–Trinajstić information content (AvgIpc) is 2.28. The molecule has 0 aromatic rings. The molecular formula is C13H27N3O2. The summed E-state index contributed by atoms with van der Waals surface area (Å²) in [5.74, 6) is 0.781. The fourth-order valence-corrected chi connectivity index (χ4v) is 2.39. The molecule has 1 saturated heterocycles. The van der Waals surface area contributed by atoms with Crippen LogP contribution in [0.5, 0.6) is 0 Å². The minimum Gasteiger partial charge on any atom is -0.393 e. The number of nitrogens with two attached hydrogens (primary N) is 1. The number of aliphatic hydroxyl groups is 1. The van der Waals surface area contributed by atoms with Crippen molar-refractivity contribution >= 4 is 6.03 Å².